The van der Waals surface area contributed by atoms with Gasteiger partial charge < -0.3 is 20.1 Å². The minimum atomic E-state index is 0.276. The molecule has 1 atom stereocenters. The zero-order valence-corrected chi connectivity index (χ0v) is 13.4. The Morgan fingerprint density at radius 3 is 3.05 bits per heavy atom. The summed E-state index contributed by atoms with van der Waals surface area (Å²) in [6, 6.07) is 6.27. The van der Waals surface area contributed by atoms with E-state index in [-0.39, 0.29) is 6.61 Å². The highest BCUT2D eigenvalue weighted by Gasteiger charge is 2.23. The van der Waals surface area contributed by atoms with E-state index in [1.807, 2.05) is 6.07 Å². The maximum Gasteiger partial charge on any atom is 0.0642 e. The van der Waals surface area contributed by atoms with Crippen molar-refractivity contribution in [1.29, 1.82) is 0 Å². The number of benzene rings is 1. The molecular formula is C16H25ClN2O2. The van der Waals surface area contributed by atoms with Crippen molar-refractivity contribution in [3.63, 3.8) is 0 Å². The van der Waals surface area contributed by atoms with E-state index in [2.05, 4.69) is 22.3 Å². The summed E-state index contributed by atoms with van der Waals surface area (Å²) in [7, 11) is 1.70. The lowest BCUT2D eigenvalue weighted by Crippen LogP contribution is -2.21. The van der Waals surface area contributed by atoms with Crippen LogP contribution in [0, 0.1) is 5.92 Å². The third-order valence-electron chi connectivity index (χ3n) is 3.99. The van der Waals surface area contributed by atoms with Crippen LogP contribution in [0.4, 0.5) is 5.69 Å². The minimum absolute atomic E-state index is 0.276. The number of anilines is 1. The predicted molar refractivity (Wildman–Crippen MR) is 87.1 cm³/mol. The Hall–Kier alpha value is -0.810. The fraction of sp³-hybridized carbons (Fsp3) is 0.625. The molecule has 0 aromatic heterocycles. The van der Waals surface area contributed by atoms with Crippen molar-refractivity contribution in [2.75, 3.05) is 44.9 Å². The molecule has 1 aliphatic heterocycles. The van der Waals surface area contributed by atoms with Crippen molar-refractivity contribution < 1.29 is 9.84 Å². The third-order valence-corrected chi connectivity index (χ3v) is 4.29. The van der Waals surface area contributed by atoms with Crippen molar-refractivity contribution in [2.45, 2.75) is 19.4 Å². The van der Waals surface area contributed by atoms with Gasteiger partial charge in [-0.1, -0.05) is 17.7 Å². The molecular weight excluding hydrogens is 288 g/mol. The predicted octanol–water partition coefficient (Wildman–Crippen LogP) is 2.28. The quantitative estimate of drug-likeness (QED) is 0.723. The van der Waals surface area contributed by atoms with Crippen LogP contribution in [0.2, 0.25) is 5.02 Å². The summed E-state index contributed by atoms with van der Waals surface area (Å²) in [5.41, 5.74) is 2.30. The lowest BCUT2D eigenvalue weighted by Gasteiger charge is -2.20. The van der Waals surface area contributed by atoms with E-state index in [1.54, 1.807) is 7.11 Å². The lowest BCUT2D eigenvalue weighted by molar-refractivity contribution is 0.199. The van der Waals surface area contributed by atoms with E-state index in [1.165, 1.54) is 5.56 Å². The van der Waals surface area contributed by atoms with Crippen LogP contribution in [0.1, 0.15) is 18.4 Å². The molecule has 4 nitrogen and oxygen atoms in total. The molecule has 1 saturated heterocycles. The molecule has 1 aromatic rings. The van der Waals surface area contributed by atoms with Crippen molar-refractivity contribution in [3.8, 4) is 0 Å². The zero-order chi connectivity index (χ0) is 15.1. The first kappa shape index (κ1) is 16.6. The van der Waals surface area contributed by atoms with Crippen molar-refractivity contribution >= 4 is 17.3 Å². The van der Waals surface area contributed by atoms with Gasteiger partial charge in [0.15, 0.2) is 0 Å². The average molecular weight is 313 g/mol. The normalized spacial score (nSPS) is 18.4. The van der Waals surface area contributed by atoms with Gasteiger partial charge in [-0.15, -0.1) is 0 Å². The van der Waals surface area contributed by atoms with Gasteiger partial charge in [-0.3, -0.25) is 0 Å². The van der Waals surface area contributed by atoms with Gasteiger partial charge in [-0.2, -0.15) is 0 Å². The minimum Gasteiger partial charge on any atom is -0.396 e. The first-order valence-electron chi connectivity index (χ1n) is 7.58. The molecule has 21 heavy (non-hydrogen) atoms. The molecule has 0 bridgehead atoms. The van der Waals surface area contributed by atoms with Crippen LogP contribution >= 0.6 is 11.6 Å². The second-order valence-corrected chi connectivity index (χ2v) is 5.98. The van der Waals surface area contributed by atoms with Gasteiger partial charge in [0.1, 0.15) is 0 Å². The average Bonchev–Trinajstić information content (AvgIpc) is 2.92. The van der Waals surface area contributed by atoms with Crippen LogP contribution in [0.15, 0.2) is 18.2 Å². The Balaban J connectivity index is 1.90. The van der Waals surface area contributed by atoms with E-state index in [4.69, 9.17) is 21.4 Å². The standard InChI is InChI=1S/C16H25ClN2O2/c1-21-9-6-18-11-14-2-3-16(15(17)10-14)19-7-4-13(12-19)5-8-20/h2-3,10,13,18,20H,4-9,11-12H2,1H3. The van der Waals surface area contributed by atoms with E-state index in [9.17, 15) is 0 Å². The summed E-state index contributed by atoms with van der Waals surface area (Å²) in [4.78, 5) is 2.32. The first-order valence-corrected chi connectivity index (χ1v) is 7.96. The highest BCUT2D eigenvalue weighted by atomic mass is 35.5. The maximum absolute atomic E-state index is 9.03. The van der Waals surface area contributed by atoms with Crippen molar-refractivity contribution in [2.24, 2.45) is 5.92 Å². The highest BCUT2D eigenvalue weighted by molar-refractivity contribution is 6.33. The molecule has 0 saturated carbocycles. The molecule has 1 unspecified atom stereocenters. The van der Waals surface area contributed by atoms with Crippen LogP contribution in [0.3, 0.4) is 0 Å². The summed E-state index contributed by atoms with van der Waals surface area (Å²) in [6.45, 7) is 4.65. The van der Waals surface area contributed by atoms with Gasteiger partial charge >= 0.3 is 0 Å². The number of nitrogens with one attached hydrogen (secondary N) is 1. The largest absolute Gasteiger partial charge is 0.396 e. The second-order valence-electron chi connectivity index (χ2n) is 5.57. The number of rotatable bonds is 8. The Morgan fingerprint density at radius 2 is 2.33 bits per heavy atom. The van der Waals surface area contributed by atoms with E-state index in [0.717, 1.165) is 49.7 Å². The molecule has 1 aromatic carbocycles. The van der Waals surface area contributed by atoms with Gasteiger partial charge in [0.2, 0.25) is 0 Å². The number of aliphatic hydroxyl groups is 1. The summed E-state index contributed by atoms with van der Waals surface area (Å²) in [6.07, 6.45) is 2.02. The van der Waals surface area contributed by atoms with Gasteiger partial charge in [0.25, 0.3) is 0 Å². The molecule has 5 heteroatoms. The van der Waals surface area contributed by atoms with Crippen molar-refractivity contribution in [1.82, 2.24) is 5.32 Å². The zero-order valence-electron chi connectivity index (χ0n) is 12.6. The molecule has 0 amide bonds. The molecule has 1 aliphatic rings. The smallest absolute Gasteiger partial charge is 0.0642 e. The fourth-order valence-electron chi connectivity index (χ4n) is 2.79. The SMILES string of the molecule is COCCNCc1ccc(N2CCC(CCO)C2)c(Cl)c1. The fourth-order valence-corrected chi connectivity index (χ4v) is 3.12. The maximum atomic E-state index is 9.03. The molecule has 0 spiro atoms. The highest BCUT2D eigenvalue weighted by Crippen LogP contribution is 2.32. The molecule has 0 aliphatic carbocycles. The number of hydrogen-bond acceptors (Lipinski definition) is 4. The monoisotopic (exact) mass is 312 g/mol. The van der Waals surface area contributed by atoms with Gasteiger partial charge in [0.05, 0.1) is 17.3 Å². The Labute approximate surface area is 132 Å². The van der Waals surface area contributed by atoms with E-state index >= 15 is 0 Å². The molecule has 1 fully saturated rings. The summed E-state index contributed by atoms with van der Waals surface area (Å²) >= 11 is 6.43. The topological polar surface area (TPSA) is 44.7 Å². The second kappa shape index (κ2) is 8.59. The van der Waals surface area contributed by atoms with Crippen LogP contribution in [0.25, 0.3) is 0 Å². The number of aliphatic hydroxyl groups excluding tert-OH is 1. The first-order chi connectivity index (χ1) is 10.2. The van der Waals surface area contributed by atoms with Crippen LogP contribution in [-0.2, 0) is 11.3 Å². The summed E-state index contributed by atoms with van der Waals surface area (Å²) in [5, 5.41) is 13.2. The number of nitrogens with zero attached hydrogens (tertiary/aromatic N) is 1. The van der Waals surface area contributed by atoms with Gasteiger partial charge in [-0.05, 0) is 36.5 Å². The Kier molecular flexibility index (Phi) is 6.77. The number of ether oxygens (including phenoxy) is 1. The van der Waals surface area contributed by atoms with Crippen LogP contribution in [0.5, 0.6) is 0 Å². The van der Waals surface area contributed by atoms with Gasteiger partial charge in [0, 0.05) is 39.9 Å². The third kappa shape index (κ3) is 4.85. The van der Waals surface area contributed by atoms with Crippen molar-refractivity contribution in [3.05, 3.63) is 28.8 Å². The van der Waals surface area contributed by atoms with Gasteiger partial charge in [-0.25, -0.2) is 0 Å². The lowest BCUT2D eigenvalue weighted by atomic mass is 10.1. The number of methoxy groups -OCH3 is 1. The Morgan fingerprint density at radius 1 is 1.48 bits per heavy atom. The van der Waals surface area contributed by atoms with E-state index in [0.29, 0.717) is 12.5 Å². The molecule has 2 rings (SSSR count). The number of hydrogen-bond donors (Lipinski definition) is 2. The molecule has 2 N–H and O–H groups in total. The van der Waals surface area contributed by atoms with Crippen LogP contribution < -0.4 is 10.2 Å². The molecule has 1 heterocycles. The summed E-state index contributed by atoms with van der Waals surface area (Å²) in [5.74, 6) is 0.585. The summed E-state index contributed by atoms with van der Waals surface area (Å²) < 4.78 is 5.01. The van der Waals surface area contributed by atoms with E-state index < -0.39 is 0 Å². The van der Waals surface area contributed by atoms with Crippen LogP contribution in [-0.4, -0.2) is 45.1 Å². The molecule has 118 valence electrons. The number of halogens is 1. The Bertz CT molecular complexity index is 442. The molecule has 0 radical (unpaired) electrons.